The Morgan fingerprint density at radius 1 is 1.21 bits per heavy atom. The van der Waals surface area contributed by atoms with Gasteiger partial charge in [0.2, 0.25) is 0 Å². The van der Waals surface area contributed by atoms with Crippen LogP contribution in [0, 0.1) is 11.8 Å². The first-order valence-electron chi connectivity index (χ1n) is 8.21. The van der Waals surface area contributed by atoms with Crippen molar-refractivity contribution < 1.29 is 4.74 Å². The Hall–Kier alpha value is 0.270. The normalized spacial score (nSPS) is 39.3. The smallest absolute Gasteiger partial charge is 0.0701 e. The lowest BCUT2D eigenvalue weighted by Crippen LogP contribution is -2.45. The minimum Gasteiger partial charge on any atom is -0.375 e. The highest BCUT2D eigenvalue weighted by Crippen LogP contribution is 2.41. The number of nitrogens with one attached hydrogen (secondary N) is 1. The molecule has 3 atom stereocenters. The van der Waals surface area contributed by atoms with Crippen LogP contribution in [-0.2, 0) is 4.74 Å². The summed E-state index contributed by atoms with van der Waals surface area (Å²) in [5.74, 6) is 4.41. The van der Waals surface area contributed by atoms with E-state index in [0.717, 1.165) is 24.5 Å². The molecule has 3 aliphatic heterocycles. The van der Waals surface area contributed by atoms with Crippen molar-refractivity contribution in [3.63, 3.8) is 0 Å². The summed E-state index contributed by atoms with van der Waals surface area (Å²) in [6.07, 6.45) is 9.42. The molecule has 3 fully saturated rings. The highest BCUT2D eigenvalue weighted by molar-refractivity contribution is 7.99. The Balaban J connectivity index is 1.50. The summed E-state index contributed by atoms with van der Waals surface area (Å²) in [6, 6.07) is 0.786. The van der Waals surface area contributed by atoms with Gasteiger partial charge in [-0.05, 0) is 74.8 Å². The third-order valence-corrected chi connectivity index (χ3v) is 6.37. The van der Waals surface area contributed by atoms with E-state index in [9.17, 15) is 0 Å². The molecule has 3 unspecified atom stereocenters. The molecule has 3 heterocycles. The minimum atomic E-state index is 0.274. The number of ether oxygens (including phenoxy) is 1. The zero-order valence-electron chi connectivity index (χ0n) is 12.3. The Morgan fingerprint density at radius 3 is 2.79 bits per heavy atom. The molecule has 19 heavy (non-hydrogen) atoms. The van der Waals surface area contributed by atoms with Gasteiger partial charge in [0.15, 0.2) is 0 Å². The molecule has 3 heteroatoms. The summed E-state index contributed by atoms with van der Waals surface area (Å²) in [6.45, 7) is 4.61. The van der Waals surface area contributed by atoms with Crippen molar-refractivity contribution in [2.75, 3.05) is 24.7 Å². The Bertz CT molecular complexity index is 277. The SMILES string of the molecule is CC1CCC(CC2CCOC3(CCSCC3)C2)NC1. The summed E-state index contributed by atoms with van der Waals surface area (Å²) in [4.78, 5) is 0. The molecule has 3 rings (SSSR count). The van der Waals surface area contributed by atoms with Crippen LogP contribution in [0.15, 0.2) is 0 Å². The fourth-order valence-electron chi connectivity index (χ4n) is 4.08. The fraction of sp³-hybridized carbons (Fsp3) is 1.00. The van der Waals surface area contributed by atoms with E-state index >= 15 is 0 Å². The van der Waals surface area contributed by atoms with Gasteiger partial charge in [-0.25, -0.2) is 0 Å². The molecule has 0 aliphatic carbocycles. The van der Waals surface area contributed by atoms with Crippen molar-refractivity contribution in [1.82, 2.24) is 5.32 Å². The van der Waals surface area contributed by atoms with E-state index in [1.165, 1.54) is 63.0 Å². The van der Waals surface area contributed by atoms with Gasteiger partial charge in [0.05, 0.1) is 5.60 Å². The first-order chi connectivity index (χ1) is 9.26. The molecule has 3 saturated heterocycles. The molecule has 1 N–H and O–H groups in total. The van der Waals surface area contributed by atoms with Crippen molar-refractivity contribution in [3.05, 3.63) is 0 Å². The van der Waals surface area contributed by atoms with Crippen LogP contribution >= 0.6 is 11.8 Å². The third kappa shape index (κ3) is 3.68. The lowest BCUT2D eigenvalue weighted by atomic mass is 9.78. The molecule has 0 saturated carbocycles. The molecule has 3 aliphatic rings. The van der Waals surface area contributed by atoms with Crippen LogP contribution in [0.25, 0.3) is 0 Å². The summed E-state index contributed by atoms with van der Waals surface area (Å²) in [5, 5.41) is 3.76. The molecule has 1 spiro atoms. The second kappa shape index (κ2) is 6.36. The molecule has 0 radical (unpaired) electrons. The summed E-state index contributed by atoms with van der Waals surface area (Å²) >= 11 is 2.11. The number of hydrogen-bond donors (Lipinski definition) is 1. The predicted octanol–water partition coefficient (Wildman–Crippen LogP) is 3.46. The molecule has 0 bridgehead atoms. The molecular weight excluding hydrogens is 254 g/mol. The Morgan fingerprint density at radius 2 is 2.05 bits per heavy atom. The van der Waals surface area contributed by atoms with E-state index in [4.69, 9.17) is 4.74 Å². The van der Waals surface area contributed by atoms with Crippen LogP contribution in [0.4, 0.5) is 0 Å². The van der Waals surface area contributed by atoms with E-state index in [-0.39, 0.29) is 5.60 Å². The summed E-state index contributed by atoms with van der Waals surface area (Å²) in [5.41, 5.74) is 0.274. The fourth-order valence-corrected chi connectivity index (χ4v) is 5.32. The quantitative estimate of drug-likeness (QED) is 0.838. The lowest BCUT2D eigenvalue weighted by Gasteiger charge is -2.44. The van der Waals surface area contributed by atoms with E-state index in [1.54, 1.807) is 0 Å². The standard InChI is InChI=1S/C16H29NOS/c1-13-2-3-15(17-12-13)10-14-4-7-18-16(11-14)5-8-19-9-6-16/h13-15,17H,2-12H2,1H3. The van der Waals surface area contributed by atoms with Crippen molar-refractivity contribution in [2.24, 2.45) is 11.8 Å². The van der Waals surface area contributed by atoms with Gasteiger partial charge >= 0.3 is 0 Å². The van der Waals surface area contributed by atoms with Gasteiger partial charge in [0, 0.05) is 12.6 Å². The van der Waals surface area contributed by atoms with Crippen LogP contribution in [0.1, 0.15) is 51.9 Å². The second-order valence-electron chi connectivity index (χ2n) is 7.03. The van der Waals surface area contributed by atoms with Crippen molar-refractivity contribution in [3.8, 4) is 0 Å². The molecular formula is C16H29NOS. The first kappa shape index (κ1) is 14.2. The second-order valence-corrected chi connectivity index (χ2v) is 8.25. The lowest BCUT2D eigenvalue weighted by molar-refractivity contribution is -0.104. The van der Waals surface area contributed by atoms with Gasteiger partial charge in [0.25, 0.3) is 0 Å². The average molecular weight is 283 g/mol. The largest absolute Gasteiger partial charge is 0.375 e. The van der Waals surface area contributed by atoms with Crippen LogP contribution in [-0.4, -0.2) is 36.3 Å². The average Bonchev–Trinajstić information content (AvgIpc) is 2.42. The van der Waals surface area contributed by atoms with Gasteiger partial charge in [0.1, 0.15) is 0 Å². The van der Waals surface area contributed by atoms with Crippen LogP contribution in [0.2, 0.25) is 0 Å². The van der Waals surface area contributed by atoms with Crippen LogP contribution in [0.5, 0.6) is 0 Å². The first-order valence-corrected chi connectivity index (χ1v) is 9.36. The van der Waals surface area contributed by atoms with Gasteiger partial charge < -0.3 is 10.1 Å². The van der Waals surface area contributed by atoms with Crippen molar-refractivity contribution in [2.45, 2.75) is 63.5 Å². The highest BCUT2D eigenvalue weighted by Gasteiger charge is 2.39. The number of rotatable bonds is 2. The molecule has 0 aromatic rings. The minimum absolute atomic E-state index is 0.274. The van der Waals surface area contributed by atoms with Gasteiger partial charge in [-0.2, -0.15) is 11.8 Å². The van der Waals surface area contributed by atoms with Crippen molar-refractivity contribution >= 4 is 11.8 Å². The van der Waals surface area contributed by atoms with Crippen molar-refractivity contribution in [1.29, 1.82) is 0 Å². The zero-order valence-corrected chi connectivity index (χ0v) is 13.1. The van der Waals surface area contributed by atoms with Crippen LogP contribution in [0.3, 0.4) is 0 Å². The topological polar surface area (TPSA) is 21.3 Å². The Labute approximate surface area is 122 Å². The molecule has 0 aromatic heterocycles. The van der Waals surface area contributed by atoms with Gasteiger partial charge in [-0.3, -0.25) is 0 Å². The number of thioether (sulfide) groups is 1. The zero-order chi connectivity index (χ0) is 13.1. The third-order valence-electron chi connectivity index (χ3n) is 5.38. The molecule has 2 nitrogen and oxygen atoms in total. The van der Waals surface area contributed by atoms with E-state index < -0.39 is 0 Å². The molecule has 0 amide bonds. The highest BCUT2D eigenvalue weighted by atomic mass is 32.2. The van der Waals surface area contributed by atoms with Gasteiger partial charge in [-0.15, -0.1) is 0 Å². The van der Waals surface area contributed by atoms with Crippen LogP contribution < -0.4 is 5.32 Å². The Kier molecular flexibility index (Phi) is 4.76. The monoisotopic (exact) mass is 283 g/mol. The predicted molar refractivity (Wildman–Crippen MR) is 82.8 cm³/mol. The number of piperidine rings is 1. The summed E-state index contributed by atoms with van der Waals surface area (Å²) < 4.78 is 6.21. The maximum Gasteiger partial charge on any atom is 0.0701 e. The number of hydrogen-bond acceptors (Lipinski definition) is 3. The maximum atomic E-state index is 6.21. The molecule has 0 aromatic carbocycles. The van der Waals surface area contributed by atoms with Gasteiger partial charge in [-0.1, -0.05) is 6.92 Å². The van der Waals surface area contributed by atoms with E-state index in [1.807, 2.05) is 0 Å². The molecule has 110 valence electrons. The summed E-state index contributed by atoms with van der Waals surface area (Å²) in [7, 11) is 0. The van der Waals surface area contributed by atoms with E-state index in [2.05, 4.69) is 24.0 Å². The maximum absolute atomic E-state index is 6.21. The van der Waals surface area contributed by atoms with E-state index in [0.29, 0.717) is 0 Å².